The van der Waals surface area contributed by atoms with E-state index in [0.29, 0.717) is 38.2 Å². The fraction of sp³-hybridized carbons (Fsp3) is 0.333. The van der Waals surface area contributed by atoms with Crippen LogP contribution < -0.4 is 4.74 Å². The van der Waals surface area contributed by atoms with Gasteiger partial charge in [-0.05, 0) is 29.3 Å². The third-order valence-electron chi connectivity index (χ3n) is 4.80. The molecule has 2 aromatic carbocycles. The molecule has 1 saturated heterocycles. The van der Waals surface area contributed by atoms with E-state index in [2.05, 4.69) is 0 Å². The second kappa shape index (κ2) is 8.66. The Hall–Kier alpha value is -2.89. The number of amides is 2. The molecule has 142 valence electrons. The second-order valence-electron chi connectivity index (χ2n) is 6.55. The van der Waals surface area contributed by atoms with Crippen molar-refractivity contribution in [3.8, 4) is 5.75 Å². The van der Waals surface area contributed by atoms with Crippen LogP contribution in [0.15, 0.2) is 48.5 Å². The van der Waals surface area contributed by atoms with E-state index in [0.717, 1.165) is 11.3 Å². The molecular formula is C21H23FN2O3. The number of halogens is 1. The van der Waals surface area contributed by atoms with Crippen molar-refractivity contribution in [1.82, 2.24) is 9.80 Å². The fourth-order valence-corrected chi connectivity index (χ4v) is 3.15. The Balaban J connectivity index is 1.49. The Morgan fingerprint density at radius 2 is 1.44 bits per heavy atom. The number of carbonyl (C=O) groups excluding carboxylic acids is 2. The van der Waals surface area contributed by atoms with Gasteiger partial charge >= 0.3 is 0 Å². The van der Waals surface area contributed by atoms with E-state index in [9.17, 15) is 14.0 Å². The molecule has 0 radical (unpaired) electrons. The highest BCUT2D eigenvalue weighted by Gasteiger charge is 2.24. The molecule has 0 aromatic heterocycles. The average Bonchev–Trinajstić information content (AvgIpc) is 2.70. The predicted molar refractivity (Wildman–Crippen MR) is 100.0 cm³/mol. The minimum Gasteiger partial charge on any atom is -0.497 e. The Bertz CT molecular complexity index is 799. The molecule has 0 spiro atoms. The first kappa shape index (κ1) is 18.9. The summed E-state index contributed by atoms with van der Waals surface area (Å²) in [5.74, 6) is 0.330. The number of hydrogen-bond acceptors (Lipinski definition) is 3. The van der Waals surface area contributed by atoms with Gasteiger partial charge in [0.1, 0.15) is 11.6 Å². The molecule has 0 atom stereocenters. The number of ether oxygens (including phenoxy) is 1. The Morgan fingerprint density at radius 1 is 0.889 bits per heavy atom. The van der Waals surface area contributed by atoms with Gasteiger partial charge in [-0.2, -0.15) is 0 Å². The summed E-state index contributed by atoms with van der Waals surface area (Å²) < 4.78 is 18.8. The second-order valence-corrected chi connectivity index (χ2v) is 6.55. The van der Waals surface area contributed by atoms with Gasteiger partial charge in [0.15, 0.2) is 0 Å². The lowest BCUT2D eigenvalue weighted by atomic mass is 10.1. The summed E-state index contributed by atoms with van der Waals surface area (Å²) in [6.07, 6.45) is 0.375. The third-order valence-corrected chi connectivity index (χ3v) is 4.80. The molecular weight excluding hydrogens is 347 g/mol. The lowest BCUT2D eigenvalue weighted by molar-refractivity contribution is -0.138. The van der Waals surface area contributed by atoms with Gasteiger partial charge in [-0.1, -0.05) is 30.3 Å². The first-order valence-corrected chi connectivity index (χ1v) is 8.98. The lowest BCUT2D eigenvalue weighted by Gasteiger charge is -2.35. The molecule has 0 saturated carbocycles. The summed E-state index contributed by atoms with van der Waals surface area (Å²) in [7, 11) is 1.60. The Labute approximate surface area is 158 Å². The van der Waals surface area contributed by atoms with Gasteiger partial charge in [0.25, 0.3) is 0 Å². The van der Waals surface area contributed by atoms with Crippen molar-refractivity contribution < 1.29 is 18.7 Å². The monoisotopic (exact) mass is 370 g/mol. The van der Waals surface area contributed by atoms with Gasteiger partial charge in [-0.15, -0.1) is 0 Å². The van der Waals surface area contributed by atoms with E-state index < -0.39 is 0 Å². The quantitative estimate of drug-likeness (QED) is 0.811. The van der Waals surface area contributed by atoms with Gasteiger partial charge in [-0.3, -0.25) is 9.59 Å². The zero-order valence-corrected chi connectivity index (χ0v) is 15.4. The van der Waals surface area contributed by atoms with Crippen molar-refractivity contribution in [3.63, 3.8) is 0 Å². The van der Waals surface area contributed by atoms with Gasteiger partial charge < -0.3 is 14.5 Å². The molecule has 2 aromatic rings. The number of methoxy groups -OCH3 is 1. The number of carbonyl (C=O) groups is 2. The molecule has 5 nitrogen and oxygen atoms in total. The summed E-state index contributed by atoms with van der Waals surface area (Å²) in [5.41, 5.74) is 1.33. The van der Waals surface area contributed by atoms with Crippen LogP contribution in [0.3, 0.4) is 0 Å². The minimum absolute atomic E-state index is 0.0429. The van der Waals surface area contributed by atoms with Crippen LogP contribution in [-0.4, -0.2) is 54.9 Å². The van der Waals surface area contributed by atoms with Crippen molar-refractivity contribution in [3.05, 3.63) is 65.5 Å². The fourth-order valence-electron chi connectivity index (χ4n) is 3.15. The van der Waals surface area contributed by atoms with Gasteiger partial charge in [0, 0.05) is 26.2 Å². The normalized spacial score (nSPS) is 14.1. The van der Waals surface area contributed by atoms with E-state index >= 15 is 0 Å². The van der Waals surface area contributed by atoms with Crippen LogP contribution in [0.2, 0.25) is 0 Å². The molecule has 0 aliphatic carbocycles. The molecule has 0 bridgehead atoms. The summed E-state index contributed by atoms with van der Waals surface area (Å²) in [4.78, 5) is 28.3. The molecule has 0 unspecified atom stereocenters. The van der Waals surface area contributed by atoms with Crippen molar-refractivity contribution in [2.45, 2.75) is 12.8 Å². The average molecular weight is 370 g/mol. The maximum atomic E-state index is 13.7. The van der Waals surface area contributed by atoms with Crippen LogP contribution in [0.1, 0.15) is 11.1 Å². The van der Waals surface area contributed by atoms with Crippen LogP contribution >= 0.6 is 0 Å². The molecule has 0 N–H and O–H groups in total. The maximum absolute atomic E-state index is 13.7. The number of rotatable bonds is 5. The van der Waals surface area contributed by atoms with E-state index in [-0.39, 0.29) is 24.1 Å². The molecule has 27 heavy (non-hydrogen) atoms. The molecule has 3 rings (SSSR count). The van der Waals surface area contributed by atoms with E-state index in [4.69, 9.17) is 4.74 Å². The van der Waals surface area contributed by atoms with E-state index in [1.807, 2.05) is 24.3 Å². The van der Waals surface area contributed by atoms with Crippen LogP contribution in [0.5, 0.6) is 5.75 Å². The van der Waals surface area contributed by atoms with Crippen LogP contribution in [-0.2, 0) is 22.4 Å². The van der Waals surface area contributed by atoms with Crippen LogP contribution in [0.4, 0.5) is 4.39 Å². The Morgan fingerprint density at radius 3 is 2.00 bits per heavy atom. The van der Waals surface area contributed by atoms with Crippen molar-refractivity contribution in [2.75, 3.05) is 33.3 Å². The highest BCUT2D eigenvalue weighted by Crippen LogP contribution is 2.14. The standard InChI is InChI=1S/C21H23FN2O3/c1-27-18-8-6-16(7-9-18)14-20(25)23-10-12-24(13-11-23)21(26)15-17-4-2-3-5-19(17)22/h2-9H,10-15H2,1H3. The highest BCUT2D eigenvalue weighted by molar-refractivity contribution is 5.81. The summed E-state index contributed by atoms with van der Waals surface area (Å²) in [5, 5.41) is 0. The summed E-state index contributed by atoms with van der Waals surface area (Å²) in [6.45, 7) is 1.94. The SMILES string of the molecule is COc1ccc(CC(=O)N2CCN(C(=O)Cc3ccccc3F)CC2)cc1. The maximum Gasteiger partial charge on any atom is 0.227 e. The number of nitrogens with zero attached hydrogens (tertiary/aromatic N) is 2. The minimum atomic E-state index is -0.362. The number of hydrogen-bond donors (Lipinski definition) is 0. The zero-order chi connectivity index (χ0) is 19.2. The first-order chi connectivity index (χ1) is 13.1. The van der Waals surface area contributed by atoms with E-state index in [1.165, 1.54) is 6.07 Å². The number of benzene rings is 2. The molecule has 1 aliphatic rings. The van der Waals surface area contributed by atoms with Gasteiger partial charge in [0.05, 0.1) is 20.0 Å². The van der Waals surface area contributed by atoms with Crippen molar-refractivity contribution in [1.29, 1.82) is 0 Å². The highest BCUT2D eigenvalue weighted by atomic mass is 19.1. The van der Waals surface area contributed by atoms with Crippen molar-refractivity contribution in [2.24, 2.45) is 0 Å². The van der Waals surface area contributed by atoms with Crippen molar-refractivity contribution >= 4 is 11.8 Å². The van der Waals surface area contributed by atoms with Crippen LogP contribution in [0.25, 0.3) is 0 Å². The van der Waals surface area contributed by atoms with Gasteiger partial charge in [-0.25, -0.2) is 4.39 Å². The lowest BCUT2D eigenvalue weighted by Crippen LogP contribution is -2.51. The molecule has 1 fully saturated rings. The third kappa shape index (κ3) is 4.84. The van der Waals surface area contributed by atoms with Crippen LogP contribution in [0, 0.1) is 5.82 Å². The molecule has 1 heterocycles. The molecule has 1 aliphatic heterocycles. The molecule has 6 heteroatoms. The zero-order valence-electron chi connectivity index (χ0n) is 15.4. The largest absolute Gasteiger partial charge is 0.497 e. The van der Waals surface area contributed by atoms with Gasteiger partial charge in [0.2, 0.25) is 11.8 Å². The smallest absolute Gasteiger partial charge is 0.227 e. The Kier molecular flexibility index (Phi) is 6.06. The predicted octanol–water partition coefficient (Wildman–Crippen LogP) is 2.29. The molecule has 2 amide bonds. The van der Waals surface area contributed by atoms with E-state index in [1.54, 1.807) is 35.1 Å². The summed E-state index contributed by atoms with van der Waals surface area (Å²) >= 11 is 0. The summed E-state index contributed by atoms with van der Waals surface area (Å²) in [6, 6.07) is 13.7. The topological polar surface area (TPSA) is 49.9 Å². The number of piperazine rings is 1. The first-order valence-electron chi connectivity index (χ1n) is 8.98.